The van der Waals surface area contributed by atoms with Crippen LogP contribution in [0.3, 0.4) is 0 Å². The molecule has 1 aliphatic carbocycles. The third kappa shape index (κ3) is 4.66. The predicted molar refractivity (Wildman–Crippen MR) is 91.0 cm³/mol. The minimum absolute atomic E-state index is 0.255. The van der Waals surface area contributed by atoms with E-state index in [0.29, 0.717) is 24.4 Å². The Hall–Kier alpha value is -2.14. The van der Waals surface area contributed by atoms with Gasteiger partial charge in [-0.15, -0.1) is 0 Å². The van der Waals surface area contributed by atoms with Gasteiger partial charge in [0.15, 0.2) is 0 Å². The molecule has 5 nitrogen and oxygen atoms in total. The molecule has 3 rings (SSSR count). The molecule has 0 bridgehead atoms. The number of nitrogens with one attached hydrogen (secondary N) is 1. The van der Waals surface area contributed by atoms with Gasteiger partial charge in [-0.25, -0.2) is 4.98 Å². The van der Waals surface area contributed by atoms with Crippen molar-refractivity contribution in [1.82, 2.24) is 15.3 Å². The fourth-order valence-corrected chi connectivity index (χ4v) is 3.15. The van der Waals surface area contributed by atoms with Crippen molar-refractivity contribution in [3.05, 3.63) is 48.2 Å². The summed E-state index contributed by atoms with van der Waals surface area (Å²) in [6.45, 7) is 1.57. The Morgan fingerprint density at radius 3 is 2.78 bits per heavy atom. The second-order valence-electron chi connectivity index (χ2n) is 6.08. The van der Waals surface area contributed by atoms with Crippen molar-refractivity contribution in [1.29, 1.82) is 0 Å². The number of anilines is 1. The maximum absolute atomic E-state index is 5.84. The maximum atomic E-state index is 5.84. The fourth-order valence-electron chi connectivity index (χ4n) is 3.15. The highest BCUT2D eigenvalue weighted by molar-refractivity contribution is 5.20. The molecule has 2 aromatic rings. The van der Waals surface area contributed by atoms with E-state index < -0.39 is 0 Å². The van der Waals surface area contributed by atoms with E-state index in [1.54, 1.807) is 12.3 Å². The molecule has 0 radical (unpaired) electrons. The molecular weight excluding hydrogens is 288 g/mol. The lowest BCUT2D eigenvalue weighted by atomic mass is 9.85. The maximum Gasteiger partial charge on any atom is 0.223 e. The summed E-state index contributed by atoms with van der Waals surface area (Å²) >= 11 is 0. The molecule has 1 aromatic carbocycles. The lowest BCUT2D eigenvalue weighted by Gasteiger charge is -2.32. The first-order valence-electron chi connectivity index (χ1n) is 8.30. The van der Waals surface area contributed by atoms with Gasteiger partial charge < -0.3 is 15.8 Å². The number of hydrogen-bond acceptors (Lipinski definition) is 5. The number of benzene rings is 1. The number of nitrogens with zero attached hydrogens (tertiary/aromatic N) is 2. The van der Waals surface area contributed by atoms with Gasteiger partial charge in [0.1, 0.15) is 0 Å². The van der Waals surface area contributed by atoms with Crippen LogP contribution in [0, 0.1) is 5.92 Å². The molecule has 5 heteroatoms. The number of rotatable bonds is 6. The topological polar surface area (TPSA) is 73.1 Å². The minimum atomic E-state index is 0.255. The van der Waals surface area contributed by atoms with Crippen LogP contribution in [0.2, 0.25) is 0 Å². The van der Waals surface area contributed by atoms with Gasteiger partial charge >= 0.3 is 0 Å². The Labute approximate surface area is 137 Å². The Kier molecular flexibility index (Phi) is 5.42. The van der Waals surface area contributed by atoms with Gasteiger partial charge in [0.2, 0.25) is 11.8 Å². The highest BCUT2D eigenvalue weighted by Crippen LogP contribution is 2.25. The Bertz CT molecular complexity index is 605. The van der Waals surface area contributed by atoms with Crippen LogP contribution in [0.5, 0.6) is 5.88 Å². The second kappa shape index (κ2) is 7.92. The summed E-state index contributed by atoms with van der Waals surface area (Å²) in [5.41, 5.74) is 6.91. The van der Waals surface area contributed by atoms with Crippen LogP contribution in [0.1, 0.15) is 31.2 Å². The lowest BCUT2D eigenvalue weighted by molar-refractivity contribution is 0.163. The third-order valence-electron chi connectivity index (χ3n) is 4.41. The Morgan fingerprint density at radius 1 is 1.13 bits per heavy atom. The van der Waals surface area contributed by atoms with E-state index in [-0.39, 0.29) is 5.95 Å². The summed E-state index contributed by atoms with van der Waals surface area (Å²) in [7, 11) is 0. The van der Waals surface area contributed by atoms with Crippen LogP contribution in [0.4, 0.5) is 5.95 Å². The molecule has 0 amide bonds. The van der Waals surface area contributed by atoms with E-state index in [4.69, 9.17) is 10.5 Å². The van der Waals surface area contributed by atoms with E-state index in [2.05, 4.69) is 39.6 Å². The Balaban J connectivity index is 1.53. The highest BCUT2D eigenvalue weighted by atomic mass is 16.5. The smallest absolute Gasteiger partial charge is 0.223 e. The lowest BCUT2D eigenvalue weighted by Crippen LogP contribution is -2.40. The van der Waals surface area contributed by atoms with E-state index >= 15 is 0 Å². The number of aromatic nitrogens is 2. The van der Waals surface area contributed by atoms with Crippen molar-refractivity contribution < 1.29 is 4.74 Å². The molecule has 23 heavy (non-hydrogen) atoms. The largest absolute Gasteiger partial charge is 0.477 e. The molecule has 1 fully saturated rings. The van der Waals surface area contributed by atoms with Crippen molar-refractivity contribution in [3.63, 3.8) is 0 Å². The van der Waals surface area contributed by atoms with Gasteiger partial charge in [0.05, 0.1) is 6.61 Å². The van der Waals surface area contributed by atoms with Crippen LogP contribution in [0.25, 0.3) is 0 Å². The molecule has 0 spiro atoms. The van der Waals surface area contributed by atoms with E-state index in [0.717, 1.165) is 6.54 Å². The van der Waals surface area contributed by atoms with Crippen molar-refractivity contribution >= 4 is 5.95 Å². The minimum Gasteiger partial charge on any atom is -0.477 e. The van der Waals surface area contributed by atoms with Crippen LogP contribution < -0.4 is 15.8 Å². The highest BCUT2D eigenvalue weighted by Gasteiger charge is 2.25. The van der Waals surface area contributed by atoms with Crippen LogP contribution >= 0.6 is 0 Å². The third-order valence-corrected chi connectivity index (χ3v) is 4.41. The molecule has 0 aliphatic heterocycles. The van der Waals surface area contributed by atoms with E-state index in [9.17, 15) is 0 Å². The van der Waals surface area contributed by atoms with Crippen molar-refractivity contribution in [3.8, 4) is 5.88 Å². The molecule has 1 heterocycles. The normalized spacial score (nSPS) is 21.0. The summed E-state index contributed by atoms with van der Waals surface area (Å²) in [6.07, 6.45) is 6.57. The van der Waals surface area contributed by atoms with Gasteiger partial charge in [-0.2, -0.15) is 4.98 Å². The zero-order valence-electron chi connectivity index (χ0n) is 13.3. The number of ether oxygens (including phenoxy) is 1. The standard InChI is InChI=1S/C18H24N4O/c19-18-20-11-10-17(22-18)23-13-15-8-4-5-9-16(15)21-12-14-6-2-1-3-7-14/h1-3,6-7,10-11,15-16,21H,4-5,8-9,12-13H2,(H2,19,20,22). The summed E-state index contributed by atoms with van der Waals surface area (Å²) in [6, 6.07) is 12.8. The van der Waals surface area contributed by atoms with Crippen molar-refractivity contribution in [2.45, 2.75) is 38.3 Å². The summed E-state index contributed by atoms with van der Waals surface area (Å²) in [4.78, 5) is 7.99. The SMILES string of the molecule is Nc1nccc(OCC2CCCCC2NCc2ccccc2)n1. The van der Waals surface area contributed by atoms with E-state index in [1.165, 1.54) is 31.2 Å². The molecule has 1 saturated carbocycles. The van der Waals surface area contributed by atoms with Gasteiger partial charge in [0, 0.05) is 30.8 Å². The van der Waals surface area contributed by atoms with Crippen LogP contribution in [-0.2, 0) is 6.54 Å². The monoisotopic (exact) mass is 312 g/mol. The van der Waals surface area contributed by atoms with Gasteiger partial charge in [-0.3, -0.25) is 0 Å². The van der Waals surface area contributed by atoms with Crippen molar-refractivity contribution in [2.24, 2.45) is 5.92 Å². The summed E-state index contributed by atoms with van der Waals surface area (Å²) in [5, 5.41) is 3.70. The zero-order valence-corrected chi connectivity index (χ0v) is 13.3. The van der Waals surface area contributed by atoms with Crippen LogP contribution in [0.15, 0.2) is 42.6 Å². The average molecular weight is 312 g/mol. The number of hydrogen-bond donors (Lipinski definition) is 2. The van der Waals surface area contributed by atoms with E-state index in [1.807, 2.05) is 6.07 Å². The molecule has 122 valence electrons. The first-order valence-corrected chi connectivity index (χ1v) is 8.30. The second-order valence-corrected chi connectivity index (χ2v) is 6.08. The first-order chi connectivity index (χ1) is 11.3. The summed E-state index contributed by atoms with van der Waals surface area (Å²) in [5.74, 6) is 1.32. The van der Waals surface area contributed by atoms with Gasteiger partial charge in [-0.1, -0.05) is 43.2 Å². The number of nitrogen functional groups attached to an aromatic ring is 1. The van der Waals surface area contributed by atoms with Crippen molar-refractivity contribution in [2.75, 3.05) is 12.3 Å². The quantitative estimate of drug-likeness (QED) is 0.858. The van der Waals surface area contributed by atoms with Crippen LogP contribution in [-0.4, -0.2) is 22.6 Å². The molecule has 2 atom stereocenters. The fraction of sp³-hybridized carbons (Fsp3) is 0.444. The molecule has 0 saturated heterocycles. The molecule has 1 aromatic heterocycles. The first kappa shape index (κ1) is 15.7. The molecule has 1 aliphatic rings. The Morgan fingerprint density at radius 2 is 1.96 bits per heavy atom. The predicted octanol–water partition coefficient (Wildman–Crippen LogP) is 2.79. The molecular formula is C18H24N4O. The summed E-state index contributed by atoms with van der Waals surface area (Å²) < 4.78 is 5.84. The number of nitrogens with two attached hydrogens (primary N) is 1. The molecule has 2 unspecified atom stereocenters. The van der Waals surface area contributed by atoms with Gasteiger partial charge in [0.25, 0.3) is 0 Å². The van der Waals surface area contributed by atoms with Gasteiger partial charge in [-0.05, 0) is 18.4 Å². The molecule has 3 N–H and O–H groups in total. The zero-order chi connectivity index (χ0) is 15.9. The average Bonchev–Trinajstić information content (AvgIpc) is 2.60.